The molecule has 0 aliphatic carbocycles. The minimum Gasteiger partial charge on any atom is -0.497 e. The molecule has 2 rings (SSSR count). The van der Waals surface area contributed by atoms with E-state index in [-0.39, 0.29) is 22.0 Å². The molecular weight excluding hydrogens is 329 g/mol. The molecular formula is C15H15ClFNO3S. The Morgan fingerprint density at radius 1 is 1.23 bits per heavy atom. The van der Waals surface area contributed by atoms with E-state index in [1.165, 1.54) is 43.5 Å². The second kappa shape index (κ2) is 6.64. The van der Waals surface area contributed by atoms with Crippen molar-refractivity contribution in [2.45, 2.75) is 10.1 Å². The molecule has 22 heavy (non-hydrogen) atoms. The van der Waals surface area contributed by atoms with Crippen LogP contribution in [0.1, 0.15) is 10.8 Å². The van der Waals surface area contributed by atoms with Crippen LogP contribution in [0.15, 0.2) is 47.4 Å². The summed E-state index contributed by atoms with van der Waals surface area (Å²) in [5.41, 5.74) is 5.48. The van der Waals surface area contributed by atoms with Crippen molar-refractivity contribution in [3.8, 4) is 5.75 Å². The van der Waals surface area contributed by atoms with Crippen LogP contribution >= 0.6 is 11.6 Å². The first-order valence-electron chi connectivity index (χ1n) is 6.43. The standard InChI is InChI=1S/C15H15ClFNO3S/c1-21-10-5-7-11(8-6-10)22(19,20)14(9-18)15-12(16)3-2-4-13(15)17/h2-8,14H,9,18H2,1H3. The monoisotopic (exact) mass is 343 g/mol. The first-order chi connectivity index (χ1) is 10.4. The van der Waals surface area contributed by atoms with Crippen molar-refractivity contribution in [2.75, 3.05) is 13.7 Å². The Hall–Kier alpha value is -1.63. The van der Waals surface area contributed by atoms with Crippen LogP contribution in [0.5, 0.6) is 5.75 Å². The van der Waals surface area contributed by atoms with E-state index in [9.17, 15) is 12.8 Å². The number of halogens is 2. The van der Waals surface area contributed by atoms with Crippen molar-refractivity contribution in [1.29, 1.82) is 0 Å². The summed E-state index contributed by atoms with van der Waals surface area (Å²) in [7, 11) is -2.40. The predicted octanol–water partition coefficient (Wildman–Crippen LogP) is 2.96. The van der Waals surface area contributed by atoms with Gasteiger partial charge in [0.2, 0.25) is 0 Å². The van der Waals surface area contributed by atoms with Gasteiger partial charge in [0.05, 0.1) is 12.0 Å². The van der Waals surface area contributed by atoms with Crippen LogP contribution < -0.4 is 10.5 Å². The van der Waals surface area contributed by atoms with Crippen LogP contribution in [-0.4, -0.2) is 22.1 Å². The van der Waals surface area contributed by atoms with Crippen molar-refractivity contribution >= 4 is 21.4 Å². The second-order valence-corrected chi connectivity index (χ2v) is 7.12. The van der Waals surface area contributed by atoms with Gasteiger partial charge in [0, 0.05) is 17.1 Å². The summed E-state index contributed by atoms with van der Waals surface area (Å²) in [6.07, 6.45) is 0. The van der Waals surface area contributed by atoms with E-state index in [0.29, 0.717) is 5.75 Å². The number of nitrogens with two attached hydrogens (primary N) is 1. The lowest BCUT2D eigenvalue weighted by Gasteiger charge is -2.18. The highest BCUT2D eigenvalue weighted by atomic mass is 35.5. The van der Waals surface area contributed by atoms with E-state index in [4.69, 9.17) is 22.1 Å². The maximum Gasteiger partial charge on any atom is 0.186 e. The Kier molecular flexibility index (Phi) is 5.05. The Labute approximate surface area is 133 Å². The lowest BCUT2D eigenvalue weighted by Crippen LogP contribution is -2.23. The van der Waals surface area contributed by atoms with Gasteiger partial charge in [-0.15, -0.1) is 0 Å². The molecule has 0 spiro atoms. The van der Waals surface area contributed by atoms with E-state index in [2.05, 4.69) is 0 Å². The van der Waals surface area contributed by atoms with Crippen LogP contribution in [0.4, 0.5) is 4.39 Å². The molecule has 0 saturated heterocycles. The quantitative estimate of drug-likeness (QED) is 0.906. The van der Waals surface area contributed by atoms with E-state index < -0.39 is 20.9 Å². The molecule has 0 heterocycles. The van der Waals surface area contributed by atoms with Crippen molar-refractivity contribution in [3.05, 3.63) is 58.9 Å². The maximum absolute atomic E-state index is 14.0. The molecule has 0 aliphatic rings. The van der Waals surface area contributed by atoms with Gasteiger partial charge in [-0.25, -0.2) is 12.8 Å². The van der Waals surface area contributed by atoms with Gasteiger partial charge in [0.15, 0.2) is 9.84 Å². The summed E-state index contributed by atoms with van der Waals surface area (Å²) in [5, 5.41) is -1.22. The van der Waals surface area contributed by atoms with Crippen molar-refractivity contribution in [3.63, 3.8) is 0 Å². The van der Waals surface area contributed by atoms with E-state index >= 15 is 0 Å². The molecule has 4 nitrogen and oxygen atoms in total. The van der Waals surface area contributed by atoms with E-state index in [1.807, 2.05) is 0 Å². The summed E-state index contributed by atoms with van der Waals surface area (Å²) in [6.45, 7) is -0.283. The summed E-state index contributed by atoms with van der Waals surface area (Å²) < 4.78 is 44.5. The van der Waals surface area contributed by atoms with Crippen LogP contribution in [0.25, 0.3) is 0 Å². The van der Waals surface area contributed by atoms with Gasteiger partial charge in [-0.2, -0.15) is 0 Å². The number of ether oxygens (including phenoxy) is 1. The molecule has 0 aromatic heterocycles. The summed E-state index contributed by atoms with van der Waals surface area (Å²) in [5.74, 6) is -0.174. The Bertz CT molecular complexity index is 743. The molecule has 1 unspecified atom stereocenters. The zero-order valence-electron chi connectivity index (χ0n) is 11.8. The molecule has 0 bridgehead atoms. The smallest absolute Gasteiger partial charge is 0.186 e. The fourth-order valence-electron chi connectivity index (χ4n) is 2.15. The third-order valence-electron chi connectivity index (χ3n) is 3.30. The van der Waals surface area contributed by atoms with Crippen LogP contribution in [0, 0.1) is 5.82 Å². The Morgan fingerprint density at radius 3 is 2.36 bits per heavy atom. The molecule has 7 heteroatoms. The van der Waals surface area contributed by atoms with Gasteiger partial charge in [-0.3, -0.25) is 0 Å². The SMILES string of the molecule is COc1ccc(S(=O)(=O)C(CN)c2c(F)cccc2Cl)cc1. The average Bonchev–Trinajstić information content (AvgIpc) is 2.51. The third-order valence-corrected chi connectivity index (χ3v) is 5.73. The first-order valence-corrected chi connectivity index (χ1v) is 8.36. The highest BCUT2D eigenvalue weighted by Gasteiger charge is 2.31. The highest BCUT2D eigenvalue weighted by Crippen LogP contribution is 2.34. The molecule has 0 aliphatic heterocycles. The van der Waals surface area contributed by atoms with Gasteiger partial charge in [0.1, 0.15) is 16.8 Å². The van der Waals surface area contributed by atoms with Crippen molar-refractivity contribution < 1.29 is 17.5 Å². The number of hydrogen-bond donors (Lipinski definition) is 1. The highest BCUT2D eigenvalue weighted by molar-refractivity contribution is 7.91. The topological polar surface area (TPSA) is 69.4 Å². The van der Waals surface area contributed by atoms with Gasteiger partial charge in [-0.1, -0.05) is 17.7 Å². The molecule has 0 amide bonds. The third kappa shape index (κ3) is 3.09. The molecule has 0 saturated carbocycles. The van der Waals surface area contributed by atoms with Crippen molar-refractivity contribution in [2.24, 2.45) is 5.73 Å². The molecule has 2 aromatic rings. The molecule has 2 N–H and O–H groups in total. The average molecular weight is 344 g/mol. The molecule has 118 valence electrons. The number of sulfone groups is 1. The van der Waals surface area contributed by atoms with Gasteiger partial charge < -0.3 is 10.5 Å². The largest absolute Gasteiger partial charge is 0.497 e. The lowest BCUT2D eigenvalue weighted by molar-refractivity contribution is 0.414. The number of rotatable bonds is 5. The van der Waals surface area contributed by atoms with Crippen LogP contribution in [0.2, 0.25) is 5.02 Å². The fourth-order valence-corrected chi connectivity index (χ4v) is 4.15. The van der Waals surface area contributed by atoms with Crippen LogP contribution in [0.3, 0.4) is 0 Å². The maximum atomic E-state index is 14.0. The summed E-state index contributed by atoms with van der Waals surface area (Å²) in [4.78, 5) is 0.0306. The minimum absolute atomic E-state index is 0.0306. The first kappa shape index (κ1) is 16.7. The van der Waals surface area contributed by atoms with E-state index in [0.717, 1.165) is 6.07 Å². The Morgan fingerprint density at radius 2 is 1.86 bits per heavy atom. The van der Waals surface area contributed by atoms with Gasteiger partial charge >= 0.3 is 0 Å². The fraction of sp³-hybridized carbons (Fsp3) is 0.200. The second-order valence-electron chi connectivity index (χ2n) is 4.58. The zero-order valence-corrected chi connectivity index (χ0v) is 13.4. The Balaban J connectivity index is 2.53. The predicted molar refractivity (Wildman–Crippen MR) is 83.4 cm³/mol. The molecule has 1 atom stereocenters. The van der Waals surface area contributed by atoms with E-state index in [1.54, 1.807) is 0 Å². The van der Waals surface area contributed by atoms with Crippen molar-refractivity contribution in [1.82, 2.24) is 0 Å². The minimum atomic E-state index is -3.88. The van der Waals surface area contributed by atoms with Gasteiger partial charge in [-0.05, 0) is 36.4 Å². The van der Waals surface area contributed by atoms with Crippen LogP contribution in [-0.2, 0) is 9.84 Å². The lowest BCUT2D eigenvalue weighted by atomic mass is 10.1. The number of hydrogen-bond acceptors (Lipinski definition) is 4. The molecule has 2 aromatic carbocycles. The summed E-state index contributed by atoms with van der Waals surface area (Å²) in [6, 6.07) is 9.83. The molecule has 0 fully saturated rings. The van der Waals surface area contributed by atoms with Gasteiger partial charge in [0.25, 0.3) is 0 Å². The normalized spacial score (nSPS) is 12.9. The summed E-state index contributed by atoms with van der Waals surface area (Å²) >= 11 is 5.96. The number of benzene rings is 2. The number of methoxy groups -OCH3 is 1. The molecule has 0 radical (unpaired) electrons. The zero-order chi connectivity index (χ0) is 16.3.